The van der Waals surface area contributed by atoms with Gasteiger partial charge in [0.2, 0.25) is 11.8 Å². The first-order valence-electron chi connectivity index (χ1n) is 8.02. The average Bonchev–Trinajstić information content (AvgIpc) is 2.52. The second-order valence-electron chi connectivity index (χ2n) is 5.80. The number of rotatable bonds is 8. The molecule has 23 heavy (non-hydrogen) atoms. The molecule has 0 aliphatic heterocycles. The molecular formula is C18H26N2O3. The zero-order valence-corrected chi connectivity index (χ0v) is 14.4. The van der Waals surface area contributed by atoms with Crippen LogP contribution in [0.3, 0.4) is 0 Å². The molecule has 0 spiro atoms. The number of Topliss-reactive ketones (excluding diaryl/α,β-unsaturated/α-hetero) is 1. The van der Waals surface area contributed by atoms with E-state index in [9.17, 15) is 14.4 Å². The first-order valence-corrected chi connectivity index (χ1v) is 8.02. The number of carbonyl (C=O) groups excluding carboxylic acids is 3. The van der Waals surface area contributed by atoms with Crippen molar-refractivity contribution in [1.29, 1.82) is 0 Å². The van der Waals surface area contributed by atoms with E-state index in [1.165, 1.54) is 0 Å². The van der Waals surface area contributed by atoms with E-state index in [-0.39, 0.29) is 30.4 Å². The van der Waals surface area contributed by atoms with Gasteiger partial charge in [-0.05, 0) is 44.4 Å². The third kappa shape index (κ3) is 6.22. The Balaban J connectivity index is 2.44. The number of ketones is 1. The molecule has 0 radical (unpaired) electrons. The fourth-order valence-electron chi connectivity index (χ4n) is 2.07. The van der Waals surface area contributed by atoms with Crippen LogP contribution < -0.4 is 10.6 Å². The van der Waals surface area contributed by atoms with E-state index in [1.54, 1.807) is 13.0 Å². The highest BCUT2D eigenvalue weighted by Gasteiger charge is 2.16. The largest absolute Gasteiger partial charge is 0.354 e. The number of nitrogens with one attached hydrogen (secondary N) is 2. The molecule has 0 aliphatic carbocycles. The maximum absolute atomic E-state index is 12.1. The van der Waals surface area contributed by atoms with Crippen molar-refractivity contribution >= 4 is 17.6 Å². The second kappa shape index (κ2) is 9.08. The van der Waals surface area contributed by atoms with Gasteiger partial charge >= 0.3 is 0 Å². The quantitative estimate of drug-likeness (QED) is 0.722. The molecule has 1 rings (SSSR count). The van der Waals surface area contributed by atoms with Gasteiger partial charge in [-0.2, -0.15) is 0 Å². The van der Waals surface area contributed by atoms with Crippen molar-refractivity contribution in [3.8, 4) is 0 Å². The van der Waals surface area contributed by atoms with Crippen molar-refractivity contribution in [1.82, 2.24) is 10.6 Å². The predicted octanol–water partition coefficient (Wildman–Crippen LogP) is 2.30. The van der Waals surface area contributed by atoms with E-state index in [4.69, 9.17) is 0 Å². The Morgan fingerprint density at radius 3 is 2.39 bits per heavy atom. The zero-order valence-electron chi connectivity index (χ0n) is 14.4. The Kier molecular flexibility index (Phi) is 7.45. The van der Waals surface area contributed by atoms with Gasteiger partial charge in [-0.15, -0.1) is 0 Å². The van der Waals surface area contributed by atoms with Gasteiger partial charge in [0.15, 0.2) is 5.78 Å². The molecule has 1 unspecified atom stereocenters. The monoisotopic (exact) mass is 318 g/mol. The summed E-state index contributed by atoms with van der Waals surface area (Å²) in [5, 5.41) is 5.33. The number of aryl methyl sites for hydroxylation is 2. The molecule has 2 N–H and O–H groups in total. The summed E-state index contributed by atoms with van der Waals surface area (Å²) >= 11 is 0. The maximum atomic E-state index is 12.1. The highest BCUT2D eigenvalue weighted by molar-refractivity contribution is 5.98. The summed E-state index contributed by atoms with van der Waals surface area (Å²) in [7, 11) is 0. The fraction of sp³-hybridized carbons (Fsp3) is 0.500. The molecule has 5 heteroatoms. The van der Waals surface area contributed by atoms with E-state index in [0.29, 0.717) is 12.1 Å². The summed E-state index contributed by atoms with van der Waals surface area (Å²) in [6.07, 6.45) is 1.06. The summed E-state index contributed by atoms with van der Waals surface area (Å²) < 4.78 is 0. The van der Waals surface area contributed by atoms with Crippen molar-refractivity contribution < 1.29 is 14.4 Å². The van der Waals surface area contributed by atoms with E-state index in [0.717, 1.165) is 17.5 Å². The van der Waals surface area contributed by atoms with Crippen LogP contribution in [0.5, 0.6) is 0 Å². The summed E-state index contributed by atoms with van der Waals surface area (Å²) in [5.41, 5.74) is 2.81. The van der Waals surface area contributed by atoms with E-state index in [2.05, 4.69) is 10.6 Å². The summed E-state index contributed by atoms with van der Waals surface area (Å²) in [4.78, 5) is 35.6. The van der Waals surface area contributed by atoms with Crippen molar-refractivity contribution in [3.05, 3.63) is 34.9 Å². The molecule has 126 valence electrons. The zero-order chi connectivity index (χ0) is 17.4. The molecule has 1 aromatic rings. The summed E-state index contributed by atoms with van der Waals surface area (Å²) in [6, 6.07) is 4.94. The molecule has 5 nitrogen and oxygen atoms in total. The van der Waals surface area contributed by atoms with Crippen LogP contribution in [-0.4, -0.2) is 30.2 Å². The van der Waals surface area contributed by atoms with E-state index >= 15 is 0 Å². The fourth-order valence-corrected chi connectivity index (χ4v) is 2.07. The normalized spacial score (nSPS) is 11.7. The van der Waals surface area contributed by atoms with E-state index in [1.807, 2.05) is 32.9 Å². The minimum absolute atomic E-state index is 0.0636. The number of benzene rings is 1. The molecule has 0 heterocycles. The molecule has 0 aromatic heterocycles. The maximum Gasteiger partial charge on any atom is 0.242 e. The van der Waals surface area contributed by atoms with Crippen molar-refractivity contribution in [2.24, 2.45) is 0 Å². The first kappa shape index (κ1) is 18.9. The molecule has 0 saturated carbocycles. The Bertz CT molecular complexity index is 582. The van der Waals surface area contributed by atoms with Crippen LogP contribution in [0.2, 0.25) is 0 Å². The highest BCUT2D eigenvalue weighted by atomic mass is 16.2. The molecule has 0 bridgehead atoms. The van der Waals surface area contributed by atoms with Gasteiger partial charge in [-0.3, -0.25) is 14.4 Å². The molecule has 0 fully saturated rings. The third-order valence-electron chi connectivity index (χ3n) is 3.73. The molecular weight excluding hydrogens is 292 g/mol. The second-order valence-corrected chi connectivity index (χ2v) is 5.80. The van der Waals surface area contributed by atoms with Crippen LogP contribution in [0.4, 0.5) is 0 Å². The van der Waals surface area contributed by atoms with Crippen LogP contribution in [0, 0.1) is 13.8 Å². The van der Waals surface area contributed by atoms with Gasteiger partial charge in [0, 0.05) is 24.9 Å². The Labute approximate surface area is 137 Å². The van der Waals surface area contributed by atoms with Gasteiger partial charge in [0.25, 0.3) is 0 Å². The molecule has 0 saturated heterocycles. The van der Waals surface area contributed by atoms with Crippen molar-refractivity contribution in [3.63, 3.8) is 0 Å². The summed E-state index contributed by atoms with van der Waals surface area (Å²) in [6.45, 7) is 8.12. The van der Waals surface area contributed by atoms with Gasteiger partial charge in [0.05, 0.1) is 0 Å². The third-order valence-corrected chi connectivity index (χ3v) is 3.73. The molecule has 1 aromatic carbocycles. The standard InChI is InChI=1S/C18H26N2O3/c1-5-10-19-18(23)14(4)20-17(22)9-8-16(21)15-7-6-12(2)13(3)11-15/h6-7,11,14H,5,8-10H2,1-4H3,(H,19,23)(H,20,22). The average molecular weight is 318 g/mol. The molecule has 0 aliphatic rings. The van der Waals surface area contributed by atoms with Crippen molar-refractivity contribution in [2.75, 3.05) is 6.54 Å². The molecule has 1 atom stereocenters. The Morgan fingerprint density at radius 2 is 1.78 bits per heavy atom. The number of hydrogen-bond donors (Lipinski definition) is 2. The number of carbonyl (C=O) groups is 3. The smallest absolute Gasteiger partial charge is 0.242 e. The van der Waals surface area contributed by atoms with Crippen LogP contribution in [0.25, 0.3) is 0 Å². The minimum Gasteiger partial charge on any atom is -0.354 e. The number of amides is 2. The van der Waals surface area contributed by atoms with Crippen LogP contribution in [0.1, 0.15) is 54.6 Å². The Morgan fingerprint density at radius 1 is 1.09 bits per heavy atom. The van der Waals surface area contributed by atoms with E-state index < -0.39 is 6.04 Å². The van der Waals surface area contributed by atoms with Gasteiger partial charge in [-0.25, -0.2) is 0 Å². The number of hydrogen-bond acceptors (Lipinski definition) is 3. The van der Waals surface area contributed by atoms with Gasteiger partial charge < -0.3 is 10.6 Å². The van der Waals surface area contributed by atoms with Crippen LogP contribution in [0.15, 0.2) is 18.2 Å². The van der Waals surface area contributed by atoms with Gasteiger partial charge in [-0.1, -0.05) is 19.1 Å². The van der Waals surface area contributed by atoms with Gasteiger partial charge in [0.1, 0.15) is 6.04 Å². The van der Waals surface area contributed by atoms with Crippen LogP contribution in [-0.2, 0) is 9.59 Å². The van der Waals surface area contributed by atoms with Crippen LogP contribution >= 0.6 is 0 Å². The lowest BCUT2D eigenvalue weighted by Crippen LogP contribution is -2.45. The molecule has 2 amide bonds. The predicted molar refractivity (Wildman–Crippen MR) is 90.4 cm³/mol. The lowest BCUT2D eigenvalue weighted by Gasteiger charge is -2.13. The van der Waals surface area contributed by atoms with Crippen molar-refractivity contribution in [2.45, 2.75) is 53.0 Å². The first-order chi connectivity index (χ1) is 10.8. The lowest BCUT2D eigenvalue weighted by atomic mass is 10.0. The highest BCUT2D eigenvalue weighted by Crippen LogP contribution is 2.12. The topological polar surface area (TPSA) is 75.3 Å². The minimum atomic E-state index is -0.592. The SMILES string of the molecule is CCCNC(=O)C(C)NC(=O)CCC(=O)c1ccc(C)c(C)c1. The Hall–Kier alpha value is -2.17. The lowest BCUT2D eigenvalue weighted by molar-refractivity contribution is -0.128. The summed E-state index contributed by atoms with van der Waals surface area (Å²) in [5.74, 6) is -0.562.